The third kappa shape index (κ3) is 3.02. The first-order valence-electron chi connectivity index (χ1n) is 6.20. The van der Waals surface area contributed by atoms with Gasteiger partial charge in [-0.25, -0.2) is 4.98 Å². The van der Waals surface area contributed by atoms with E-state index < -0.39 is 0 Å². The summed E-state index contributed by atoms with van der Waals surface area (Å²) in [5.41, 5.74) is 1.28. The molecule has 4 heteroatoms. The average Bonchev–Trinajstić information content (AvgIpc) is 2.93. The number of carbonyl (C=O) groups excluding carboxylic acids is 1. The molecule has 0 aliphatic heterocycles. The van der Waals surface area contributed by atoms with Crippen LogP contribution < -0.4 is 5.32 Å². The lowest BCUT2D eigenvalue weighted by molar-refractivity contribution is 0.0935. The smallest absolute Gasteiger partial charge is 0.251 e. The highest BCUT2D eigenvalue weighted by Crippen LogP contribution is 2.34. The monoisotopic (exact) mass is 266 g/mol. The van der Waals surface area contributed by atoms with E-state index in [1.165, 1.54) is 0 Å². The lowest BCUT2D eigenvalue weighted by Crippen LogP contribution is -2.34. The lowest BCUT2D eigenvalue weighted by Gasteiger charge is -2.19. The number of hydrogen-bond acceptors (Lipinski definition) is 2. The van der Waals surface area contributed by atoms with Gasteiger partial charge >= 0.3 is 0 Å². The quantitative estimate of drug-likeness (QED) is 0.835. The average molecular weight is 267 g/mol. The topological polar surface area (TPSA) is 42.0 Å². The summed E-state index contributed by atoms with van der Waals surface area (Å²) in [5, 5.41) is 3.40. The molecule has 0 atom stereocenters. The molecule has 0 saturated heterocycles. The van der Waals surface area contributed by atoms with Crippen LogP contribution in [0.5, 0.6) is 0 Å². The lowest BCUT2D eigenvalue weighted by atomic mass is 9.91. The van der Waals surface area contributed by atoms with Crippen molar-refractivity contribution in [2.45, 2.75) is 51.5 Å². The fraction of sp³-hybridized carbons (Fsp3) is 0.571. The van der Waals surface area contributed by atoms with Crippen LogP contribution in [0.1, 0.15) is 56.6 Å². The molecule has 1 aromatic rings. The summed E-state index contributed by atoms with van der Waals surface area (Å²) in [7, 11) is 0. The molecule has 1 aromatic heterocycles. The summed E-state index contributed by atoms with van der Waals surface area (Å²) in [6, 6.07) is 3.45. The van der Waals surface area contributed by atoms with Gasteiger partial charge in [-0.1, -0.05) is 32.4 Å². The van der Waals surface area contributed by atoms with E-state index in [-0.39, 0.29) is 16.9 Å². The molecule has 0 aromatic carbocycles. The van der Waals surface area contributed by atoms with Gasteiger partial charge in [0.15, 0.2) is 0 Å². The van der Waals surface area contributed by atoms with E-state index in [0.29, 0.717) is 10.7 Å². The zero-order valence-corrected chi connectivity index (χ0v) is 12.1. The Balaban J connectivity index is 2.27. The molecular formula is C14H19ClN2O. The van der Waals surface area contributed by atoms with E-state index in [2.05, 4.69) is 38.0 Å². The molecule has 0 bridgehead atoms. The van der Waals surface area contributed by atoms with E-state index in [1.54, 1.807) is 6.07 Å². The molecule has 1 amide bonds. The third-order valence-electron chi connectivity index (χ3n) is 3.24. The number of aromatic nitrogens is 1. The van der Waals surface area contributed by atoms with Gasteiger partial charge in [-0.2, -0.15) is 0 Å². The Morgan fingerprint density at radius 3 is 2.50 bits per heavy atom. The molecular weight excluding hydrogens is 248 g/mol. The fourth-order valence-electron chi connectivity index (χ4n) is 1.67. The Kier molecular flexibility index (Phi) is 3.14. The molecule has 3 nitrogen and oxygen atoms in total. The van der Waals surface area contributed by atoms with Crippen molar-refractivity contribution in [3.8, 4) is 0 Å². The summed E-state index contributed by atoms with van der Waals surface area (Å²) in [6.45, 7) is 8.21. The predicted octanol–water partition coefficient (Wildman–Crippen LogP) is 3.31. The molecule has 0 spiro atoms. The minimum absolute atomic E-state index is 0.0191. The van der Waals surface area contributed by atoms with Gasteiger partial charge in [0.25, 0.3) is 5.91 Å². The van der Waals surface area contributed by atoms with Crippen molar-refractivity contribution in [2.75, 3.05) is 0 Å². The van der Waals surface area contributed by atoms with Gasteiger partial charge in [-0.3, -0.25) is 4.79 Å². The van der Waals surface area contributed by atoms with E-state index >= 15 is 0 Å². The van der Waals surface area contributed by atoms with Crippen LogP contribution >= 0.6 is 11.6 Å². The van der Waals surface area contributed by atoms with Crippen molar-refractivity contribution in [3.05, 3.63) is 28.5 Å². The molecule has 1 N–H and O–H groups in total. The summed E-state index contributed by atoms with van der Waals surface area (Å²) in [5.74, 6) is -0.0650. The Morgan fingerprint density at radius 1 is 1.39 bits per heavy atom. The first kappa shape index (κ1) is 13.3. The number of rotatable bonds is 2. The van der Waals surface area contributed by atoms with Crippen LogP contribution in [-0.2, 0) is 5.41 Å². The Labute approximate surface area is 113 Å². The molecule has 0 radical (unpaired) electrons. The Bertz CT molecular complexity index is 487. The predicted molar refractivity (Wildman–Crippen MR) is 73.1 cm³/mol. The van der Waals surface area contributed by atoms with Crippen molar-refractivity contribution >= 4 is 17.5 Å². The summed E-state index contributed by atoms with van der Waals surface area (Å²) in [4.78, 5) is 16.4. The van der Waals surface area contributed by atoms with Crippen molar-refractivity contribution < 1.29 is 4.79 Å². The standard InChI is InChI=1S/C14H19ClN2O/c1-13(2,3)10-7-9(8-11(15)16-10)12(18)17-14(4)5-6-14/h7-8H,5-6H2,1-4H3,(H,17,18). The van der Waals surface area contributed by atoms with Gasteiger partial charge in [0, 0.05) is 22.2 Å². The highest BCUT2D eigenvalue weighted by molar-refractivity contribution is 6.29. The Hall–Kier alpha value is -1.09. The van der Waals surface area contributed by atoms with Gasteiger partial charge in [0.05, 0.1) is 0 Å². The van der Waals surface area contributed by atoms with Gasteiger partial charge in [0.1, 0.15) is 5.15 Å². The largest absolute Gasteiger partial charge is 0.347 e. The minimum Gasteiger partial charge on any atom is -0.347 e. The van der Waals surface area contributed by atoms with Gasteiger partial charge in [-0.05, 0) is 31.9 Å². The third-order valence-corrected chi connectivity index (χ3v) is 3.43. The van der Waals surface area contributed by atoms with E-state index in [9.17, 15) is 4.79 Å². The highest BCUT2D eigenvalue weighted by Gasteiger charge is 2.39. The number of pyridine rings is 1. The number of amides is 1. The molecule has 1 fully saturated rings. The van der Waals surface area contributed by atoms with Crippen LogP contribution in [0.2, 0.25) is 5.15 Å². The minimum atomic E-state index is -0.122. The zero-order valence-electron chi connectivity index (χ0n) is 11.3. The van der Waals surface area contributed by atoms with Crippen LogP contribution in [0, 0.1) is 0 Å². The summed E-state index contributed by atoms with van der Waals surface area (Å²) < 4.78 is 0. The Morgan fingerprint density at radius 2 is 2.00 bits per heavy atom. The maximum atomic E-state index is 12.1. The van der Waals surface area contributed by atoms with E-state index in [0.717, 1.165) is 18.5 Å². The SMILES string of the molecule is CC1(NC(=O)c2cc(Cl)nc(C(C)(C)C)c2)CC1. The maximum Gasteiger partial charge on any atom is 0.251 e. The van der Waals surface area contributed by atoms with Crippen LogP contribution in [-0.4, -0.2) is 16.4 Å². The number of carbonyl (C=O) groups is 1. The van der Waals surface area contributed by atoms with Gasteiger partial charge < -0.3 is 5.32 Å². The molecule has 1 aliphatic rings. The van der Waals surface area contributed by atoms with Crippen molar-refractivity contribution in [1.29, 1.82) is 0 Å². The fourth-order valence-corrected chi connectivity index (χ4v) is 1.88. The molecule has 2 rings (SSSR count). The van der Waals surface area contributed by atoms with Crippen LogP contribution in [0.25, 0.3) is 0 Å². The number of hydrogen-bond donors (Lipinski definition) is 1. The maximum absolute atomic E-state index is 12.1. The van der Waals surface area contributed by atoms with Crippen molar-refractivity contribution in [1.82, 2.24) is 10.3 Å². The normalized spacial score (nSPS) is 17.4. The zero-order chi connectivity index (χ0) is 13.6. The van der Waals surface area contributed by atoms with Crippen molar-refractivity contribution in [3.63, 3.8) is 0 Å². The van der Waals surface area contributed by atoms with Gasteiger partial charge in [0.2, 0.25) is 0 Å². The molecule has 0 unspecified atom stereocenters. The van der Waals surface area contributed by atoms with E-state index in [4.69, 9.17) is 11.6 Å². The first-order valence-corrected chi connectivity index (χ1v) is 6.58. The molecule has 1 aliphatic carbocycles. The van der Waals surface area contributed by atoms with Crippen LogP contribution in [0.3, 0.4) is 0 Å². The van der Waals surface area contributed by atoms with Crippen LogP contribution in [0.4, 0.5) is 0 Å². The molecule has 18 heavy (non-hydrogen) atoms. The number of nitrogens with zero attached hydrogens (tertiary/aromatic N) is 1. The molecule has 1 heterocycles. The van der Waals surface area contributed by atoms with Crippen molar-refractivity contribution in [2.24, 2.45) is 0 Å². The van der Waals surface area contributed by atoms with E-state index in [1.807, 2.05) is 6.07 Å². The summed E-state index contributed by atoms with van der Waals surface area (Å²) >= 11 is 6.00. The first-order chi connectivity index (χ1) is 8.20. The second-order valence-corrected chi connectivity index (χ2v) is 6.72. The second kappa shape index (κ2) is 4.23. The number of halogens is 1. The molecule has 98 valence electrons. The second-order valence-electron chi connectivity index (χ2n) is 6.33. The van der Waals surface area contributed by atoms with Gasteiger partial charge in [-0.15, -0.1) is 0 Å². The number of nitrogens with one attached hydrogen (secondary N) is 1. The highest BCUT2D eigenvalue weighted by atomic mass is 35.5. The van der Waals surface area contributed by atoms with Crippen LogP contribution in [0.15, 0.2) is 12.1 Å². The molecule has 1 saturated carbocycles. The summed E-state index contributed by atoms with van der Waals surface area (Å²) in [6.07, 6.45) is 2.09.